The fourth-order valence-corrected chi connectivity index (χ4v) is 12.9. The van der Waals surface area contributed by atoms with Crippen LogP contribution in [0.4, 0.5) is 0 Å². The van der Waals surface area contributed by atoms with Gasteiger partial charge in [0.15, 0.2) is 9.04 Å². The first kappa shape index (κ1) is 21.6. The largest absolute Gasteiger partial charge is 0.415 e. The van der Waals surface area contributed by atoms with Gasteiger partial charge in [0.05, 0.1) is 13.3 Å². The Kier molecular flexibility index (Phi) is 7.63. The summed E-state index contributed by atoms with van der Waals surface area (Å²) in [6.45, 7) is 25.8. The molecule has 2 nitrogen and oxygen atoms in total. The Hall–Kier alpha value is 0.571. The summed E-state index contributed by atoms with van der Waals surface area (Å²) in [6.07, 6.45) is 3.29. The zero-order valence-corrected chi connectivity index (χ0v) is 19.7. The van der Waals surface area contributed by atoms with Gasteiger partial charge >= 0.3 is 0 Å². The van der Waals surface area contributed by atoms with Crippen molar-refractivity contribution in [1.29, 1.82) is 0 Å². The molecule has 0 saturated carbocycles. The Bertz CT molecular complexity index is 320. The molecule has 1 atom stereocenters. The molecule has 0 amide bonds. The van der Waals surface area contributed by atoms with Gasteiger partial charge in [-0.3, -0.25) is 0 Å². The van der Waals surface area contributed by atoms with Crippen LogP contribution in [0.3, 0.4) is 0 Å². The SMILES string of the molecule is CCC(CC)(O[Si](C)(C)C(C)(CC)O[SiH](C)C)[Si](C)(C)C. The maximum absolute atomic E-state index is 7.04. The first-order valence-electron chi connectivity index (χ1n) is 8.68. The molecular weight excluding hydrogens is 308 g/mol. The molecule has 0 aromatic heterocycles. The summed E-state index contributed by atoms with van der Waals surface area (Å²) in [7, 11) is -4.44. The van der Waals surface area contributed by atoms with Gasteiger partial charge < -0.3 is 8.85 Å². The summed E-state index contributed by atoms with van der Waals surface area (Å²) in [4.78, 5) is 0. The maximum atomic E-state index is 7.04. The van der Waals surface area contributed by atoms with E-state index in [1.165, 1.54) is 0 Å². The van der Waals surface area contributed by atoms with Gasteiger partial charge in [-0.1, -0.05) is 40.4 Å². The van der Waals surface area contributed by atoms with E-state index in [2.05, 4.69) is 73.5 Å². The van der Waals surface area contributed by atoms with E-state index in [-0.39, 0.29) is 10.4 Å². The Labute approximate surface area is 137 Å². The third kappa shape index (κ3) is 4.77. The molecule has 0 radical (unpaired) electrons. The van der Waals surface area contributed by atoms with Gasteiger partial charge in [-0.15, -0.1) is 0 Å². The Morgan fingerprint density at radius 1 is 0.857 bits per heavy atom. The smallest absolute Gasteiger partial charge is 0.216 e. The van der Waals surface area contributed by atoms with Gasteiger partial charge in [0.2, 0.25) is 8.32 Å². The normalized spacial score (nSPS) is 17.1. The van der Waals surface area contributed by atoms with Crippen LogP contribution in [0, 0.1) is 0 Å². The molecule has 0 N–H and O–H groups in total. The standard InChI is InChI=1S/C16H40O2Si3/c1-12-15(4,17-19(5)6)21(10,11)18-16(13-2,14-3)20(7,8)9/h19H,12-14H2,1-11H3. The minimum Gasteiger partial charge on any atom is -0.415 e. The lowest BCUT2D eigenvalue weighted by molar-refractivity contribution is 0.0690. The molecule has 1 unspecified atom stereocenters. The van der Waals surface area contributed by atoms with Gasteiger partial charge in [-0.05, 0) is 52.4 Å². The highest BCUT2D eigenvalue weighted by Crippen LogP contribution is 2.40. The van der Waals surface area contributed by atoms with Crippen molar-refractivity contribution >= 4 is 25.4 Å². The van der Waals surface area contributed by atoms with Crippen molar-refractivity contribution in [3.63, 3.8) is 0 Å². The minimum atomic E-state index is -1.96. The maximum Gasteiger partial charge on any atom is 0.216 e. The molecule has 0 aliphatic rings. The second-order valence-electron chi connectivity index (χ2n) is 8.31. The summed E-state index contributed by atoms with van der Waals surface area (Å²) in [5.74, 6) is 0. The molecule has 0 saturated heterocycles. The van der Waals surface area contributed by atoms with E-state index in [1.807, 2.05) is 0 Å². The molecule has 0 fully saturated rings. The molecule has 5 heteroatoms. The van der Waals surface area contributed by atoms with Crippen molar-refractivity contribution in [3.05, 3.63) is 0 Å². The molecule has 0 aliphatic carbocycles. The fraction of sp³-hybridized carbons (Fsp3) is 1.00. The number of hydrogen-bond donors (Lipinski definition) is 0. The van der Waals surface area contributed by atoms with Crippen molar-refractivity contribution in [2.24, 2.45) is 0 Å². The highest BCUT2D eigenvalue weighted by atomic mass is 28.4. The summed E-state index contributed by atoms with van der Waals surface area (Å²) < 4.78 is 13.5. The predicted molar refractivity (Wildman–Crippen MR) is 104 cm³/mol. The molecule has 0 bridgehead atoms. The molecule has 0 spiro atoms. The van der Waals surface area contributed by atoms with Crippen LogP contribution in [0.25, 0.3) is 0 Å². The topological polar surface area (TPSA) is 18.5 Å². The number of hydrogen-bond acceptors (Lipinski definition) is 2. The van der Waals surface area contributed by atoms with Gasteiger partial charge in [0.1, 0.15) is 0 Å². The van der Waals surface area contributed by atoms with Crippen molar-refractivity contribution in [2.45, 2.75) is 103 Å². The van der Waals surface area contributed by atoms with Crippen LogP contribution in [-0.4, -0.2) is 35.9 Å². The van der Waals surface area contributed by atoms with E-state index in [4.69, 9.17) is 8.85 Å². The van der Waals surface area contributed by atoms with Crippen LogP contribution in [0.2, 0.25) is 45.8 Å². The molecule has 0 aliphatic heterocycles. The fourth-order valence-electron chi connectivity index (χ4n) is 3.38. The van der Waals surface area contributed by atoms with E-state index in [0.717, 1.165) is 19.3 Å². The molecule has 0 rings (SSSR count). The van der Waals surface area contributed by atoms with Crippen LogP contribution in [0.15, 0.2) is 0 Å². The monoisotopic (exact) mass is 348 g/mol. The summed E-state index contributed by atoms with van der Waals surface area (Å²) >= 11 is 0. The number of rotatable bonds is 9. The first-order valence-corrected chi connectivity index (χ1v) is 17.9. The van der Waals surface area contributed by atoms with Crippen LogP contribution in [-0.2, 0) is 8.85 Å². The van der Waals surface area contributed by atoms with E-state index >= 15 is 0 Å². The average molecular weight is 349 g/mol. The van der Waals surface area contributed by atoms with E-state index in [9.17, 15) is 0 Å². The lowest BCUT2D eigenvalue weighted by atomic mass is 10.2. The zero-order valence-electron chi connectivity index (χ0n) is 16.5. The quantitative estimate of drug-likeness (QED) is 0.523. The summed E-state index contributed by atoms with van der Waals surface area (Å²) in [5, 5.41) is 0.0175. The third-order valence-electron chi connectivity index (χ3n) is 5.40. The van der Waals surface area contributed by atoms with Gasteiger partial charge in [-0.25, -0.2) is 0 Å². The van der Waals surface area contributed by atoms with Crippen LogP contribution in [0.1, 0.15) is 47.0 Å². The molecule has 0 aromatic rings. The van der Waals surface area contributed by atoms with Crippen LogP contribution < -0.4 is 0 Å². The second kappa shape index (κ2) is 7.43. The van der Waals surface area contributed by atoms with Gasteiger partial charge in [0.25, 0.3) is 0 Å². The van der Waals surface area contributed by atoms with Crippen molar-refractivity contribution in [1.82, 2.24) is 0 Å². The first-order chi connectivity index (χ1) is 9.31. The summed E-state index contributed by atoms with van der Waals surface area (Å²) in [6, 6.07) is 0. The van der Waals surface area contributed by atoms with Crippen LogP contribution in [0.5, 0.6) is 0 Å². The molecular formula is C16H40O2Si3. The third-order valence-corrected chi connectivity index (χ3v) is 14.3. The second-order valence-corrected chi connectivity index (χ2v) is 20.3. The Balaban J connectivity index is 5.58. The molecule has 0 aromatic carbocycles. The van der Waals surface area contributed by atoms with Gasteiger partial charge in [-0.2, -0.15) is 0 Å². The van der Waals surface area contributed by atoms with E-state index in [1.54, 1.807) is 0 Å². The van der Waals surface area contributed by atoms with Crippen molar-refractivity contribution < 1.29 is 8.85 Å². The lowest BCUT2D eigenvalue weighted by Crippen LogP contribution is -2.66. The lowest BCUT2D eigenvalue weighted by Gasteiger charge is -2.52. The predicted octanol–water partition coefficient (Wildman–Crippen LogP) is 5.35. The Morgan fingerprint density at radius 3 is 1.52 bits per heavy atom. The average Bonchev–Trinajstić information content (AvgIpc) is 2.33. The Morgan fingerprint density at radius 2 is 1.29 bits per heavy atom. The minimum absolute atomic E-state index is 0.0668. The molecule has 0 heterocycles. The van der Waals surface area contributed by atoms with Crippen molar-refractivity contribution in [3.8, 4) is 0 Å². The molecule has 128 valence electrons. The zero-order chi connectivity index (χ0) is 17.1. The van der Waals surface area contributed by atoms with Gasteiger partial charge in [0, 0.05) is 5.22 Å². The van der Waals surface area contributed by atoms with Crippen LogP contribution >= 0.6 is 0 Å². The highest BCUT2D eigenvalue weighted by Gasteiger charge is 2.52. The highest BCUT2D eigenvalue weighted by molar-refractivity contribution is 6.81. The molecule has 21 heavy (non-hydrogen) atoms. The summed E-state index contributed by atoms with van der Waals surface area (Å²) in [5.41, 5.74) is 0. The van der Waals surface area contributed by atoms with E-state index in [0.29, 0.717) is 0 Å². The van der Waals surface area contributed by atoms with E-state index < -0.39 is 25.4 Å². The van der Waals surface area contributed by atoms with Crippen molar-refractivity contribution in [2.75, 3.05) is 0 Å².